The summed E-state index contributed by atoms with van der Waals surface area (Å²) < 4.78 is 35.9. The number of benzene rings is 5. The van der Waals surface area contributed by atoms with Crippen molar-refractivity contribution in [2.24, 2.45) is 11.7 Å². The molecule has 4 heterocycles. The second kappa shape index (κ2) is 26.1. The van der Waals surface area contributed by atoms with Crippen LogP contribution >= 0.6 is 23.2 Å². The molecule has 7 amide bonds. The van der Waals surface area contributed by atoms with Crippen LogP contribution in [0.4, 0.5) is 0 Å². The van der Waals surface area contributed by atoms with Crippen LogP contribution in [0.15, 0.2) is 78.9 Å². The first kappa shape index (κ1) is 61.7. The van der Waals surface area contributed by atoms with Crippen molar-refractivity contribution in [3.05, 3.63) is 117 Å². The highest BCUT2D eigenvalue weighted by Gasteiger charge is 2.42. The zero-order valence-corrected chi connectivity index (χ0v) is 47.7. The first-order valence-electron chi connectivity index (χ1n) is 26.1. The molecule has 0 fully saturated rings. The fraction of sp³-hybridized carbons (Fsp3) is 0.339. The SMILES string of the molecule is CN[C@@H](CC(C)C)C(=O)N[C@H]1C(=O)N[C@@H](CC(N)=O)C(=O)N[C@H]2C(=O)N[C@H]3C(=O)N[C@H](C(=O)N[C@@H](B(O)O)c4cc(OC)cc(OC)c4-c4cc3ccc4OC)[C@H](O)c3cc(Cl)cc(c3)Oc3cc2cc(c3OC)Oc2ccc(cc2Cl)[C@H]1O. The fourth-order valence-electron chi connectivity index (χ4n) is 10.1. The topological polar surface area (TPSA) is 366 Å². The van der Waals surface area contributed by atoms with E-state index in [0.717, 1.165) is 0 Å². The second-order valence-corrected chi connectivity index (χ2v) is 21.1. The van der Waals surface area contributed by atoms with Gasteiger partial charge in [0.1, 0.15) is 71.2 Å². The highest BCUT2D eigenvalue weighted by molar-refractivity contribution is 6.44. The average molecular weight is 1200 g/mol. The number of carbonyl (C=O) groups excluding carboxylic acids is 7. The third-order valence-corrected chi connectivity index (χ3v) is 14.7. The number of primary amides is 1. The number of ether oxygens (including phenoxy) is 6. The Hall–Kier alpha value is -8.37. The molecule has 0 saturated heterocycles. The van der Waals surface area contributed by atoms with E-state index in [1.807, 2.05) is 13.8 Å². The van der Waals surface area contributed by atoms with Gasteiger partial charge in [-0.1, -0.05) is 49.2 Å². The van der Waals surface area contributed by atoms with E-state index in [0.29, 0.717) is 6.42 Å². The van der Waals surface area contributed by atoms with E-state index in [-0.39, 0.29) is 101 Å². The predicted molar refractivity (Wildman–Crippen MR) is 302 cm³/mol. The molecule has 84 heavy (non-hydrogen) atoms. The Balaban J connectivity index is 1.40. The fourth-order valence-corrected chi connectivity index (χ4v) is 10.5. The highest BCUT2D eigenvalue weighted by atomic mass is 35.5. The average Bonchev–Trinajstić information content (AvgIpc) is 1.33. The van der Waals surface area contributed by atoms with E-state index in [9.17, 15) is 44.2 Å². The molecule has 28 heteroatoms. The molecule has 0 saturated carbocycles. The maximum atomic E-state index is 15.7. The normalized spacial score (nSPS) is 21.8. The Morgan fingerprint density at radius 3 is 1.98 bits per heavy atom. The van der Waals surface area contributed by atoms with Gasteiger partial charge in [-0.05, 0) is 108 Å². The van der Waals surface area contributed by atoms with Crippen molar-refractivity contribution < 1.29 is 82.2 Å². The predicted octanol–water partition coefficient (Wildman–Crippen LogP) is 2.53. The molecule has 4 aliphatic heterocycles. The van der Waals surface area contributed by atoms with E-state index >= 15 is 9.59 Å². The minimum atomic E-state index is -2.38. The van der Waals surface area contributed by atoms with Crippen molar-refractivity contribution in [1.29, 1.82) is 0 Å². The molecule has 0 aliphatic carbocycles. The Bertz CT molecular complexity index is 3410. The molecular weight excluding hydrogens is 1140 g/mol. The molecule has 5 aromatic rings. The molecule has 0 unspecified atom stereocenters. The van der Waals surface area contributed by atoms with Crippen LogP contribution in [0.3, 0.4) is 0 Å². The number of methoxy groups -OCH3 is 4. The van der Waals surface area contributed by atoms with Gasteiger partial charge in [0, 0.05) is 22.2 Å². The van der Waals surface area contributed by atoms with Gasteiger partial charge in [-0.3, -0.25) is 33.6 Å². The standard InChI is InChI=1S/C56H61BCl2N8O17/c1-23(2)12-34(61-3)51(71)65-45-47(69)25-9-11-37(33(59)16-25)84-40-18-26-17-39(49(40)82-7)83-30-14-27(13-28(58)19-30)48(70)46-56(76)67-50(57(77)78)32-20-29(79-4)21-38(81-6)42(32)31-15-24(8-10-36(31)80-5)43(53(73)66-46)64-54(74)44(26)63-52(72)35(22-41(60)68)62-55(45)75/h8-11,13-21,23,34-35,43-48,50,61,69-70,77-78H,12,22H2,1-7H3,(H2,60,68)(H,62,75)(H,63,72)(H,64,74)(H,65,71)(H,66,73)(H,67,76)/t34-,35-,43+,44+,45+,46-,47+,48+,50+/m0/s1. The van der Waals surface area contributed by atoms with Crippen molar-refractivity contribution >= 4 is 71.7 Å². The number of aliphatic hydroxyl groups is 2. The van der Waals surface area contributed by atoms with Gasteiger partial charge in [-0.2, -0.15) is 0 Å². The minimum absolute atomic E-state index is 0.0106. The smallest absolute Gasteiger partial charge is 0.480 e. The number of aliphatic hydroxyl groups excluding tert-OH is 2. The number of nitrogens with one attached hydrogen (secondary N) is 7. The summed E-state index contributed by atoms with van der Waals surface area (Å²) in [7, 11) is 4.37. The number of likely N-dealkylation sites (N-methyl/N-ethyl adjacent to an activating group) is 1. The van der Waals surface area contributed by atoms with Crippen molar-refractivity contribution in [1.82, 2.24) is 37.2 Å². The molecule has 9 rings (SSSR count). The zero-order valence-electron chi connectivity index (χ0n) is 46.2. The third-order valence-electron chi connectivity index (χ3n) is 14.2. The summed E-state index contributed by atoms with van der Waals surface area (Å²) >= 11 is 13.6. The van der Waals surface area contributed by atoms with Gasteiger partial charge in [0.2, 0.25) is 47.1 Å². The summed E-state index contributed by atoms with van der Waals surface area (Å²) in [5.41, 5.74) is 5.45. The van der Waals surface area contributed by atoms with Crippen molar-refractivity contribution in [3.63, 3.8) is 0 Å². The summed E-state index contributed by atoms with van der Waals surface area (Å²) in [6.45, 7) is 3.74. The Labute approximate surface area is 491 Å². The highest BCUT2D eigenvalue weighted by Crippen LogP contribution is 2.48. The van der Waals surface area contributed by atoms with Crippen molar-refractivity contribution in [2.75, 3.05) is 35.5 Å². The van der Waals surface area contributed by atoms with Gasteiger partial charge in [-0.15, -0.1) is 0 Å². The van der Waals surface area contributed by atoms with Gasteiger partial charge >= 0.3 is 7.12 Å². The number of hydrogen-bond acceptors (Lipinski definition) is 18. The van der Waals surface area contributed by atoms with E-state index in [1.54, 1.807) is 0 Å². The molecule has 5 aromatic carbocycles. The molecule has 444 valence electrons. The summed E-state index contributed by atoms with van der Waals surface area (Å²) in [4.78, 5) is 102. The van der Waals surface area contributed by atoms with Crippen LogP contribution in [0.25, 0.3) is 11.1 Å². The van der Waals surface area contributed by atoms with Gasteiger partial charge in [0.25, 0.3) is 0 Å². The Morgan fingerprint density at radius 2 is 1.35 bits per heavy atom. The Morgan fingerprint density at radius 1 is 0.679 bits per heavy atom. The number of rotatable bonds is 12. The lowest BCUT2D eigenvalue weighted by atomic mass is 9.72. The van der Waals surface area contributed by atoms with Crippen molar-refractivity contribution in [2.45, 2.75) is 81.1 Å². The van der Waals surface area contributed by atoms with Crippen LogP contribution in [0.5, 0.6) is 46.0 Å². The minimum Gasteiger partial charge on any atom is -0.497 e. The van der Waals surface area contributed by atoms with Gasteiger partial charge in [-0.25, -0.2) is 0 Å². The number of nitrogens with two attached hydrogens (primary N) is 1. The first-order chi connectivity index (χ1) is 40.0. The quantitative estimate of drug-likeness (QED) is 0.0799. The zero-order chi connectivity index (χ0) is 61.0. The van der Waals surface area contributed by atoms with Crippen LogP contribution in [0.2, 0.25) is 10.0 Å². The summed E-state index contributed by atoms with van der Waals surface area (Å²) in [5.74, 6) is -10.3. The summed E-state index contributed by atoms with van der Waals surface area (Å²) in [6, 6.07) is 6.59. The summed E-state index contributed by atoms with van der Waals surface area (Å²) in [6.07, 6.45) is -4.56. The molecule has 0 aromatic heterocycles. The van der Waals surface area contributed by atoms with E-state index in [1.165, 1.54) is 114 Å². The lowest BCUT2D eigenvalue weighted by Crippen LogP contribution is -2.59. The van der Waals surface area contributed by atoms with E-state index < -0.39 is 109 Å². The number of halogens is 2. The van der Waals surface area contributed by atoms with E-state index in [2.05, 4.69) is 37.2 Å². The van der Waals surface area contributed by atoms with Gasteiger partial charge in [0.15, 0.2) is 11.5 Å². The molecule has 9 atom stereocenters. The Kier molecular flexibility index (Phi) is 19.1. The number of amides is 7. The molecule has 25 nitrogen and oxygen atoms in total. The van der Waals surface area contributed by atoms with Crippen LogP contribution in [0.1, 0.15) is 84.7 Å². The molecule has 4 aliphatic rings. The maximum absolute atomic E-state index is 15.7. The van der Waals surface area contributed by atoms with Gasteiger partial charge < -0.3 is 91.6 Å². The number of fused-ring (bicyclic) bond motifs is 19. The van der Waals surface area contributed by atoms with Crippen LogP contribution in [0, 0.1) is 5.92 Å². The van der Waals surface area contributed by atoms with Crippen LogP contribution in [-0.4, -0.2) is 128 Å². The van der Waals surface area contributed by atoms with Crippen LogP contribution < -0.4 is 71.4 Å². The molecule has 13 N–H and O–H groups in total. The lowest BCUT2D eigenvalue weighted by Gasteiger charge is -2.31. The number of hydrogen-bond donors (Lipinski definition) is 12. The molecule has 0 spiro atoms. The monoisotopic (exact) mass is 1200 g/mol. The molecule has 0 radical (unpaired) electrons. The third kappa shape index (κ3) is 13.2. The lowest BCUT2D eigenvalue weighted by molar-refractivity contribution is -0.137. The van der Waals surface area contributed by atoms with Gasteiger partial charge in [0.05, 0.1) is 51.9 Å². The summed E-state index contributed by atoms with van der Waals surface area (Å²) in [5, 5.41) is 64.4. The number of carbonyl (C=O) groups is 7. The molecular formula is C56H61BCl2N8O17. The maximum Gasteiger partial charge on any atom is 0.480 e. The van der Waals surface area contributed by atoms with Crippen molar-refractivity contribution in [3.8, 4) is 57.1 Å². The molecule has 11 bridgehead atoms. The first-order valence-corrected chi connectivity index (χ1v) is 26.8. The van der Waals surface area contributed by atoms with Crippen LogP contribution in [-0.2, 0) is 33.6 Å². The second-order valence-electron chi connectivity index (χ2n) is 20.3. The van der Waals surface area contributed by atoms with E-state index in [4.69, 9.17) is 57.4 Å². The largest absolute Gasteiger partial charge is 0.497 e.